The summed E-state index contributed by atoms with van der Waals surface area (Å²) in [6.07, 6.45) is 5.74. The van der Waals surface area contributed by atoms with E-state index in [9.17, 15) is 58.2 Å². The van der Waals surface area contributed by atoms with Gasteiger partial charge >= 0.3 is 23.9 Å². The average molecular weight is 989 g/mol. The van der Waals surface area contributed by atoms with Crippen LogP contribution in [0.4, 0.5) is 0 Å². The zero-order valence-electron chi connectivity index (χ0n) is 33.9. The van der Waals surface area contributed by atoms with Gasteiger partial charge in [0.15, 0.2) is 0 Å². The van der Waals surface area contributed by atoms with Gasteiger partial charge in [0.2, 0.25) is 35.4 Å². The molecule has 2 fully saturated rings. The van der Waals surface area contributed by atoms with Crippen LogP contribution >= 0.6 is 64.8 Å². The molecule has 62 heavy (non-hydrogen) atoms. The van der Waals surface area contributed by atoms with Gasteiger partial charge in [-0.15, -0.1) is 0 Å². The lowest BCUT2D eigenvalue weighted by Crippen LogP contribution is -2.50. The lowest BCUT2D eigenvalue weighted by atomic mass is 10.1. The van der Waals surface area contributed by atoms with Crippen LogP contribution < -0.4 is 31.9 Å². The predicted molar refractivity (Wildman–Crippen MR) is 242 cm³/mol. The smallest absolute Gasteiger partial charge is 0.326 e. The van der Waals surface area contributed by atoms with Gasteiger partial charge in [0.1, 0.15) is 37.3 Å². The number of carboxylic acid groups (broad SMARTS) is 4. The van der Waals surface area contributed by atoms with Crippen molar-refractivity contribution in [2.45, 2.75) is 125 Å². The first-order valence-corrected chi connectivity index (χ1v) is 27.2. The van der Waals surface area contributed by atoms with Crippen LogP contribution in [-0.4, -0.2) is 151 Å². The molecule has 10 N–H and O–H groups in total. The summed E-state index contributed by atoms with van der Waals surface area (Å²) in [7, 11) is 9.16. The number of carbonyl (C=O) groups is 10. The number of unbranched alkanes of at least 4 members (excludes halogenated alkanes) is 2. The molecule has 0 aromatic rings. The maximum absolute atomic E-state index is 12.9. The standard InChI is InChI=1S/C36H56N6O14S6/c43-27(7-3-1-5-21-13-15-57-61-21)39-23(35(53)54)9-11-29(45)41-25(33(51)37-17-31(47)48)19-59-60-20-26(34(52)38-18-32(49)50)42-30(46)12-10-24(36(55)56)40-28(44)8-4-2-6-22-14-16-58-62-22/h21-26H,1-20H2,(H,37,51)(H,38,52)(H,39,43)(H,40,44)(H,41,45)(H,42,46)(H,47,48)(H,49,50)(H,53,54)(H,55,56). The molecule has 0 radical (unpaired) electrons. The second-order valence-corrected chi connectivity index (χ2v) is 22.3. The van der Waals surface area contributed by atoms with Crippen LogP contribution in [0.2, 0.25) is 0 Å². The maximum atomic E-state index is 12.9. The van der Waals surface area contributed by atoms with Crippen LogP contribution in [0.25, 0.3) is 0 Å². The Labute approximate surface area is 383 Å². The SMILES string of the molecule is O=C(O)CNC(=O)C(CSSCC(NC(=O)CCC(NC(=O)CCCCC1CCSS1)C(=O)O)C(=O)NCC(=O)O)NC(=O)CCC(NC(=O)CCCCC1CCSS1)C(=O)O. The number of aliphatic carboxylic acids is 4. The van der Waals surface area contributed by atoms with Crippen LogP contribution in [0, 0.1) is 0 Å². The second kappa shape index (κ2) is 31.6. The predicted octanol–water partition coefficient (Wildman–Crippen LogP) is 1.87. The molecule has 2 aliphatic heterocycles. The number of carboxylic acids is 4. The van der Waals surface area contributed by atoms with E-state index in [0.29, 0.717) is 23.3 Å². The zero-order valence-corrected chi connectivity index (χ0v) is 38.8. The lowest BCUT2D eigenvalue weighted by molar-refractivity contribution is -0.142. The van der Waals surface area contributed by atoms with Gasteiger partial charge in [-0.1, -0.05) is 77.6 Å². The molecule has 0 spiro atoms. The Balaban J connectivity index is 1.91. The van der Waals surface area contributed by atoms with Crippen molar-refractivity contribution >= 4 is 124 Å². The number of nitrogens with one attached hydrogen (secondary N) is 6. The minimum Gasteiger partial charge on any atom is -0.480 e. The molecule has 0 bridgehead atoms. The summed E-state index contributed by atoms with van der Waals surface area (Å²) in [6, 6.07) is -5.47. The van der Waals surface area contributed by atoms with Gasteiger partial charge in [0, 0.05) is 59.2 Å². The van der Waals surface area contributed by atoms with Crippen molar-refractivity contribution in [1.29, 1.82) is 0 Å². The third-order valence-corrected chi connectivity index (χ3v) is 17.5. The number of hydrogen-bond acceptors (Lipinski definition) is 16. The van der Waals surface area contributed by atoms with E-state index < -0.39 is 109 Å². The van der Waals surface area contributed by atoms with Crippen molar-refractivity contribution in [2.75, 3.05) is 36.1 Å². The molecule has 6 amide bonds. The first kappa shape index (κ1) is 54.9. The molecule has 350 valence electrons. The van der Waals surface area contributed by atoms with E-state index in [-0.39, 0.29) is 37.2 Å². The zero-order chi connectivity index (χ0) is 45.9. The molecule has 26 heteroatoms. The van der Waals surface area contributed by atoms with Crippen molar-refractivity contribution in [3.05, 3.63) is 0 Å². The van der Waals surface area contributed by atoms with Crippen LogP contribution in [0.3, 0.4) is 0 Å². The van der Waals surface area contributed by atoms with Crippen molar-refractivity contribution in [2.24, 2.45) is 0 Å². The molecule has 6 atom stereocenters. The molecular formula is C36H56N6O14S6. The van der Waals surface area contributed by atoms with Gasteiger partial charge in [0.25, 0.3) is 0 Å². The van der Waals surface area contributed by atoms with Crippen molar-refractivity contribution in [1.82, 2.24) is 31.9 Å². The lowest BCUT2D eigenvalue weighted by Gasteiger charge is -2.20. The van der Waals surface area contributed by atoms with Gasteiger partial charge in [-0.25, -0.2) is 9.59 Å². The number of rotatable bonds is 33. The van der Waals surface area contributed by atoms with Crippen LogP contribution in [0.5, 0.6) is 0 Å². The fourth-order valence-corrected chi connectivity index (χ4v) is 14.1. The van der Waals surface area contributed by atoms with Gasteiger partial charge in [0.05, 0.1) is 0 Å². The summed E-state index contributed by atoms with van der Waals surface area (Å²) in [5.74, 6) is -7.95. The molecular weight excluding hydrogens is 933 g/mol. The van der Waals surface area contributed by atoms with Crippen molar-refractivity contribution < 1.29 is 68.4 Å². The summed E-state index contributed by atoms with van der Waals surface area (Å²) >= 11 is 0. The molecule has 2 rings (SSSR count). The normalized spacial score (nSPS) is 17.7. The Morgan fingerprint density at radius 2 is 0.855 bits per heavy atom. The topological polar surface area (TPSA) is 324 Å². The van der Waals surface area contributed by atoms with E-state index in [1.165, 1.54) is 0 Å². The number of amides is 6. The van der Waals surface area contributed by atoms with E-state index in [4.69, 9.17) is 10.2 Å². The average Bonchev–Trinajstić information content (AvgIpc) is 3.95. The molecule has 6 unspecified atom stereocenters. The summed E-state index contributed by atoms with van der Waals surface area (Å²) < 4.78 is 0. The van der Waals surface area contributed by atoms with Gasteiger partial charge in [-0.3, -0.25) is 38.4 Å². The fraction of sp³-hybridized carbons (Fsp3) is 0.722. The first-order chi connectivity index (χ1) is 29.5. The number of hydrogen-bond donors (Lipinski definition) is 10. The molecule has 2 aliphatic rings. The largest absolute Gasteiger partial charge is 0.480 e. The maximum Gasteiger partial charge on any atom is 0.326 e. The third kappa shape index (κ3) is 25.2. The molecule has 20 nitrogen and oxygen atoms in total. The minimum absolute atomic E-state index is 0.122. The Morgan fingerprint density at radius 3 is 1.18 bits per heavy atom. The highest BCUT2D eigenvalue weighted by atomic mass is 33.1. The van der Waals surface area contributed by atoms with E-state index >= 15 is 0 Å². The summed E-state index contributed by atoms with van der Waals surface area (Å²) in [5.41, 5.74) is 0. The monoisotopic (exact) mass is 988 g/mol. The van der Waals surface area contributed by atoms with Crippen molar-refractivity contribution in [3.8, 4) is 0 Å². The number of carbonyl (C=O) groups excluding carboxylic acids is 6. The second-order valence-electron chi connectivity index (χ2n) is 14.2. The molecule has 0 aliphatic carbocycles. The van der Waals surface area contributed by atoms with Crippen LogP contribution in [0.15, 0.2) is 0 Å². The Hall–Kier alpha value is -3.20. The van der Waals surface area contributed by atoms with E-state index in [1.807, 2.05) is 43.2 Å². The molecule has 0 aromatic heterocycles. The minimum atomic E-state index is -1.38. The van der Waals surface area contributed by atoms with Gasteiger partial charge < -0.3 is 52.3 Å². The molecule has 2 saturated heterocycles. The molecule has 0 aromatic carbocycles. The summed E-state index contributed by atoms with van der Waals surface area (Å²) in [6.45, 7) is -1.56. The summed E-state index contributed by atoms with van der Waals surface area (Å²) in [4.78, 5) is 122. The highest BCUT2D eigenvalue weighted by Gasteiger charge is 2.28. The molecule has 0 saturated carbocycles. The van der Waals surface area contributed by atoms with Gasteiger partial charge in [-0.05, 0) is 51.4 Å². The van der Waals surface area contributed by atoms with E-state index in [1.54, 1.807) is 0 Å². The highest BCUT2D eigenvalue weighted by Crippen LogP contribution is 2.40. The molecule has 2 heterocycles. The van der Waals surface area contributed by atoms with E-state index in [2.05, 4.69) is 31.9 Å². The van der Waals surface area contributed by atoms with E-state index in [0.717, 1.165) is 71.6 Å². The first-order valence-electron chi connectivity index (χ1n) is 20.0. The Kier molecular flexibility index (Phi) is 28.0. The highest BCUT2D eigenvalue weighted by molar-refractivity contribution is 8.77. The van der Waals surface area contributed by atoms with Crippen LogP contribution in [0.1, 0.15) is 89.9 Å². The Morgan fingerprint density at radius 1 is 0.500 bits per heavy atom. The van der Waals surface area contributed by atoms with Crippen LogP contribution in [-0.2, 0) is 47.9 Å². The third-order valence-electron chi connectivity index (χ3n) is 9.09. The summed E-state index contributed by atoms with van der Waals surface area (Å²) in [5, 5.41) is 52.5. The quantitative estimate of drug-likeness (QED) is 0.0331. The van der Waals surface area contributed by atoms with Crippen molar-refractivity contribution in [3.63, 3.8) is 0 Å². The Bertz CT molecular complexity index is 1430. The fourth-order valence-electron chi connectivity index (χ4n) is 5.75. The van der Waals surface area contributed by atoms with Gasteiger partial charge in [-0.2, -0.15) is 0 Å².